The third-order valence-electron chi connectivity index (χ3n) is 5.22. The van der Waals surface area contributed by atoms with E-state index in [4.69, 9.17) is 5.11 Å². The fraction of sp³-hybridized carbons (Fsp3) is 0.346. The molecule has 0 aliphatic heterocycles. The Bertz CT molecular complexity index is 970. The number of carbonyl (C=O) groups is 3. The molecule has 2 amide bonds. The molecule has 0 aliphatic rings. The van der Waals surface area contributed by atoms with Crippen molar-refractivity contribution in [1.82, 2.24) is 4.90 Å². The van der Waals surface area contributed by atoms with Gasteiger partial charge in [0.25, 0.3) is 11.8 Å². The number of carboxylic acid groups (broad SMARTS) is 1. The van der Waals surface area contributed by atoms with E-state index in [-0.39, 0.29) is 12.5 Å². The van der Waals surface area contributed by atoms with Gasteiger partial charge in [0.05, 0.1) is 0 Å². The largest absolute Gasteiger partial charge is 0.478 e. The van der Waals surface area contributed by atoms with Crippen molar-refractivity contribution < 1.29 is 24.6 Å². The smallest absolute Gasteiger partial charge is 0.328 e. The summed E-state index contributed by atoms with van der Waals surface area (Å²) in [7, 11) is 0. The summed E-state index contributed by atoms with van der Waals surface area (Å²) >= 11 is 1.36. The van der Waals surface area contributed by atoms with Crippen molar-refractivity contribution in [3.8, 4) is 0 Å². The molecule has 0 spiro atoms. The van der Waals surface area contributed by atoms with E-state index in [1.54, 1.807) is 41.3 Å². The van der Waals surface area contributed by atoms with Gasteiger partial charge in [-0.15, -0.1) is 17.9 Å². The number of benzene rings is 1. The van der Waals surface area contributed by atoms with Gasteiger partial charge in [-0.1, -0.05) is 44.0 Å². The van der Waals surface area contributed by atoms with Gasteiger partial charge in [0.2, 0.25) is 0 Å². The van der Waals surface area contributed by atoms with E-state index in [0.717, 1.165) is 37.0 Å². The van der Waals surface area contributed by atoms with Crippen molar-refractivity contribution >= 4 is 34.8 Å². The molecule has 1 unspecified atom stereocenters. The SMILES string of the molecule is C=CCN(CCCCC)C(=O)C(c1cccs1)N(C(=O)/C=C\C(=O)O)c1ccc(CCO)cc1. The molecule has 2 aromatic rings. The number of anilines is 1. The van der Waals surface area contributed by atoms with Crippen LogP contribution in [0.15, 0.2) is 66.6 Å². The minimum atomic E-state index is -1.25. The molecule has 1 heterocycles. The van der Waals surface area contributed by atoms with Gasteiger partial charge >= 0.3 is 5.97 Å². The van der Waals surface area contributed by atoms with Gasteiger partial charge in [0.1, 0.15) is 0 Å². The highest BCUT2D eigenvalue weighted by Gasteiger charge is 2.35. The van der Waals surface area contributed by atoms with Gasteiger partial charge in [0, 0.05) is 42.4 Å². The molecule has 0 bridgehead atoms. The Labute approximate surface area is 204 Å². The van der Waals surface area contributed by atoms with Crippen molar-refractivity contribution in [3.63, 3.8) is 0 Å². The fourth-order valence-electron chi connectivity index (χ4n) is 3.56. The van der Waals surface area contributed by atoms with Crippen LogP contribution in [0, 0.1) is 0 Å². The summed E-state index contributed by atoms with van der Waals surface area (Å²) in [6.07, 6.45) is 6.67. The minimum Gasteiger partial charge on any atom is -0.478 e. The number of hydrogen-bond acceptors (Lipinski definition) is 5. The van der Waals surface area contributed by atoms with Crippen molar-refractivity contribution in [2.75, 3.05) is 24.6 Å². The molecule has 0 radical (unpaired) electrons. The molecule has 0 saturated carbocycles. The molecule has 2 rings (SSSR count). The van der Waals surface area contributed by atoms with Crippen LogP contribution in [-0.4, -0.2) is 52.6 Å². The summed E-state index contributed by atoms with van der Waals surface area (Å²) in [6, 6.07) is 9.63. The Morgan fingerprint density at radius 3 is 2.41 bits per heavy atom. The van der Waals surface area contributed by atoms with E-state index in [1.165, 1.54) is 16.2 Å². The molecule has 0 saturated heterocycles. The molecule has 0 fully saturated rings. The van der Waals surface area contributed by atoms with Crippen LogP contribution in [-0.2, 0) is 20.8 Å². The number of nitrogens with zero attached hydrogens (tertiary/aromatic N) is 2. The van der Waals surface area contributed by atoms with E-state index in [2.05, 4.69) is 13.5 Å². The first-order valence-electron chi connectivity index (χ1n) is 11.3. The number of rotatable bonds is 14. The molecular weight excluding hydrogens is 452 g/mol. The topological polar surface area (TPSA) is 98.2 Å². The van der Waals surface area contributed by atoms with Gasteiger partial charge in [0.15, 0.2) is 6.04 Å². The number of carboxylic acids is 1. The lowest BCUT2D eigenvalue weighted by Gasteiger charge is -2.34. The van der Waals surface area contributed by atoms with Gasteiger partial charge in [-0.05, 0) is 42.0 Å². The van der Waals surface area contributed by atoms with E-state index >= 15 is 0 Å². The molecule has 1 aromatic carbocycles. The number of aliphatic hydroxyl groups is 1. The number of hydrogen-bond donors (Lipinski definition) is 2. The molecule has 34 heavy (non-hydrogen) atoms. The van der Waals surface area contributed by atoms with Crippen LogP contribution >= 0.6 is 11.3 Å². The first-order chi connectivity index (χ1) is 16.4. The first-order valence-corrected chi connectivity index (χ1v) is 12.2. The molecule has 0 aliphatic carbocycles. The normalized spacial score (nSPS) is 11.8. The summed E-state index contributed by atoms with van der Waals surface area (Å²) < 4.78 is 0. The Balaban J connectivity index is 2.56. The van der Waals surface area contributed by atoms with Crippen LogP contribution in [0.25, 0.3) is 0 Å². The maximum atomic E-state index is 13.9. The second kappa shape index (κ2) is 14.1. The average molecular weight is 485 g/mol. The molecule has 1 aromatic heterocycles. The quantitative estimate of drug-likeness (QED) is 0.238. The summed E-state index contributed by atoms with van der Waals surface area (Å²) in [6.45, 7) is 6.73. The van der Waals surface area contributed by atoms with Crippen LogP contribution < -0.4 is 4.90 Å². The number of thiophene rings is 1. The minimum absolute atomic E-state index is 0.00603. The summed E-state index contributed by atoms with van der Waals surface area (Å²) in [5, 5.41) is 20.1. The number of unbranched alkanes of at least 4 members (excludes halogenated alkanes) is 2. The highest BCUT2D eigenvalue weighted by molar-refractivity contribution is 7.10. The van der Waals surface area contributed by atoms with Gasteiger partial charge in [-0.25, -0.2) is 4.79 Å². The number of amides is 2. The highest BCUT2D eigenvalue weighted by Crippen LogP contribution is 2.33. The van der Waals surface area contributed by atoms with Crippen LogP contribution in [0.1, 0.15) is 42.7 Å². The van der Waals surface area contributed by atoms with Gasteiger partial charge < -0.3 is 15.1 Å². The first kappa shape index (κ1) is 27.0. The van der Waals surface area contributed by atoms with Crippen LogP contribution in [0.4, 0.5) is 5.69 Å². The van der Waals surface area contributed by atoms with E-state index in [0.29, 0.717) is 30.1 Å². The van der Waals surface area contributed by atoms with Gasteiger partial charge in [-0.3, -0.25) is 14.5 Å². The second-order valence-electron chi connectivity index (χ2n) is 7.72. The van der Waals surface area contributed by atoms with Crippen molar-refractivity contribution in [2.24, 2.45) is 0 Å². The third kappa shape index (κ3) is 7.67. The fourth-order valence-corrected chi connectivity index (χ4v) is 4.36. The highest BCUT2D eigenvalue weighted by atomic mass is 32.1. The van der Waals surface area contributed by atoms with Crippen LogP contribution in [0.3, 0.4) is 0 Å². The monoisotopic (exact) mass is 484 g/mol. The molecule has 182 valence electrons. The predicted octanol–water partition coefficient (Wildman–Crippen LogP) is 4.20. The zero-order valence-electron chi connectivity index (χ0n) is 19.4. The average Bonchev–Trinajstić information content (AvgIpc) is 3.35. The lowest BCUT2D eigenvalue weighted by atomic mass is 10.1. The van der Waals surface area contributed by atoms with E-state index < -0.39 is 17.9 Å². The van der Waals surface area contributed by atoms with Crippen molar-refractivity contribution in [3.05, 3.63) is 77.0 Å². The lowest BCUT2D eigenvalue weighted by Crippen LogP contribution is -2.45. The number of carbonyl (C=O) groups excluding carboxylic acids is 2. The molecule has 8 heteroatoms. The predicted molar refractivity (Wildman–Crippen MR) is 135 cm³/mol. The zero-order valence-corrected chi connectivity index (χ0v) is 20.2. The maximum absolute atomic E-state index is 13.9. The van der Waals surface area contributed by atoms with Crippen molar-refractivity contribution in [1.29, 1.82) is 0 Å². The Kier molecular flexibility index (Phi) is 11.2. The Morgan fingerprint density at radius 2 is 1.85 bits per heavy atom. The maximum Gasteiger partial charge on any atom is 0.328 e. The summed E-state index contributed by atoms with van der Waals surface area (Å²) in [4.78, 5) is 41.9. The lowest BCUT2D eigenvalue weighted by molar-refractivity contribution is -0.133. The Hall–Kier alpha value is -3.23. The standard InChI is InChI=1S/C26H32N2O5S/c1-3-5-6-17-27(16-4-2)26(33)25(22-8-7-19-34-22)28(23(30)13-14-24(31)32)21-11-9-20(10-12-21)15-18-29/h4,7-14,19,25,29H,2-3,5-6,15-18H2,1H3,(H,31,32)/b14-13-. The third-order valence-corrected chi connectivity index (χ3v) is 6.14. The summed E-state index contributed by atoms with van der Waals surface area (Å²) in [5.41, 5.74) is 1.34. The summed E-state index contributed by atoms with van der Waals surface area (Å²) in [5.74, 6) is -2.12. The van der Waals surface area contributed by atoms with E-state index in [1.807, 2.05) is 11.4 Å². The second-order valence-corrected chi connectivity index (χ2v) is 8.70. The van der Waals surface area contributed by atoms with Crippen LogP contribution in [0.5, 0.6) is 0 Å². The number of aliphatic carboxylic acids is 1. The molecule has 2 N–H and O–H groups in total. The zero-order chi connectivity index (χ0) is 24.9. The molecular formula is C26H32N2O5S. The molecule has 7 nitrogen and oxygen atoms in total. The van der Waals surface area contributed by atoms with E-state index in [9.17, 15) is 19.5 Å². The number of aliphatic hydroxyl groups excluding tert-OH is 1. The molecule has 1 atom stereocenters. The van der Waals surface area contributed by atoms with Crippen molar-refractivity contribution in [2.45, 2.75) is 38.6 Å². The Morgan fingerprint density at radius 1 is 1.12 bits per heavy atom. The van der Waals surface area contributed by atoms with Crippen LogP contribution in [0.2, 0.25) is 0 Å². The van der Waals surface area contributed by atoms with Gasteiger partial charge in [-0.2, -0.15) is 0 Å².